The fourth-order valence-corrected chi connectivity index (χ4v) is 7.54. The molecule has 0 amide bonds. The van der Waals surface area contributed by atoms with Gasteiger partial charge in [0, 0.05) is 18.8 Å². The summed E-state index contributed by atoms with van der Waals surface area (Å²) in [6.45, 7) is 0. The van der Waals surface area contributed by atoms with Crippen LogP contribution in [0.15, 0.2) is 120 Å². The molecule has 6 rings (SSSR count). The maximum atomic E-state index is 14.5. The molecule has 1 saturated heterocycles. The highest BCUT2D eigenvalue weighted by molar-refractivity contribution is 7.90. The molecule has 0 bridgehead atoms. The predicted molar refractivity (Wildman–Crippen MR) is 157 cm³/mol. The number of hydrogen-bond donors (Lipinski definition) is 0. The van der Waals surface area contributed by atoms with Crippen LogP contribution in [0.25, 0.3) is 0 Å². The van der Waals surface area contributed by atoms with Gasteiger partial charge < -0.3 is 4.74 Å². The second-order valence-corrected chi connectivity index (χ2v) is 13.3. The molecule has 2 aliphatic rings. The number of sulfone groups is 1. The summed E-state index contributed by atoms with van der Waals surface area (Å²) < 4.78 is 32.3. The number of esters is 1. The van der Waals surface area contributed by atoms with E-state index in [1.807, 2.05) is 78.9 Å². The molecule has 0 radical (unpaired) electrons. The van der Waals surface area contributed by atoms with Crippen LogP contribution >= 0.6 is 0 Å². The molecule has 5 nitrogen and oxygen atoms in total. The number of carbonyl (C=O) groups excluding carboxylic acids is 2. The highest BCUT2D eigenvalue weighted by Gasteiger charge is 2.59. The van der Waals surface area contributed by atoms with E-state index < -0.39 is 27.3 Å². The summed E-state index contributed by atoms with van der Waals surface area (Å²) >= 11 is 0. The van der Waals surface area contributed by atoms with Crippen molar-refractivity contribution in [1.29, 1.82) is 0 Å². The normalized spacial score (nSPS) is 19.1. The quantitative estimate of drug-likeness (QED) is 0.171. The van der Waals surface area contributed by atoms with Crippen LogP contribution in [0.1, 0.15) is 41.0 Å². The molecule has 1 saturated carbocycles. The van der Waals surface area contributed by atoms with E-state index in [1.165, 1.54) is 0 Å². The van der Waals surface area contributed by atoms with Gasteiger partial charge in [-0.25, -0.2) is 8.42 Å². The number of rotatable bonds is 10. The Kier molecular flexibility index (Phi) is 7.35. The lowest BCUT2D eigenvalue weighted by Gasteiger charge is -2.27. The van der Waals surface area contributed by atoms with Gasteiger partial charge in [0.2, 0.25) is 0 Å². The molecule has 1 heterocycles. The summed E-state index contributed by atoms with van der Waals surface area (Å²) in [6.07, 6.45) is 2.43. The first-order valence-electron chi connectivity index (χ1n) is 14.1. The van der Waals surface area contributed by atoms with Crippen LogP contribution < -0.4 is 0 Å². The Bertz CT molecular complexity index is 1600. The number of ether oxygens (including phenoxy) is 1. The molecule has 2 fully saturated rings. The smallest absolute Gasteiger partial charge is 0.318 e. The van der Waals surface area contributed by atoms with Gasteiger partial charge in [-0.05, 0) is 53.1 Å². The van der Waals surface area contributed by atoms with Crippen LogP contribution in [0.4, 0.5) is 0 Å². The summed E-state index contributed by atoms with van der Waals surface area (Å²) in [5, 5.41) is 0. The Balaban J connectivity index is 1.34. The first kappa shape index (κ1) is 27.2. The van der Waals surface area contributed by atoms with E-state index in [4.69, 9.17) is 4.74 Å². The van der Waals surface area contributed by atoms with Gasteiger partial charge in [0.25, 0.3) is 0 Å². The van der Waals surface area contributed by atoms with E-state index in [-0.39, 0.29) is 28.3 Å². The van der Waals surface area contributed by atoms with E-state index in [0.717, 1.165) is 29.5 Å². The lowest BCUT2D eigenvalue weighted by molar-refractivity contribution is -0.152. The molecular weight excluding hydrogens is 532 g/mol. The van der Waals surface area contributed by atoms with E-state index in [9.17, 15) is 18.0 Å². The summed E-state index contributed by atoms with van der Waals surface area (Å²) in [5.74, 6) is -1.95. The third-order valence-electron chi connectivity index (χ3n) is 8.23. The van der Waals surface area contributed by atoms with E-state index in [2.05, 4.69) is 0 Å². The number of benzene rings is 4. The summed E-state index contributed by atoms with van der Waals surface area (Å²) in [6, 6.07) is 35.1. The van der Waals surface area contributed by atoms with Gasteiger partial charge in [-0.2, -0.15) is 0 Å². The van der Waals surface area contributed by atoms with Crippen molar-refractivity contribution in [1.82, 2.24) is 0 Å². The van der Waals surface area contributed by atoms with Gasteiger partial charge in [0.1, 0.15) is 5.92 Å². The van der Waals surface area contributed by atoms with E-state index in [0.29, 0.717) is 18.4 Å². The van der Waals surface area contributed by atoms with Crippen molar-refractivity contribution < 1.29 is 22.7 Å². The molecule has 208 valence electrons. The first-order valence-corrected chi connectivity index (χ1v) is 15.7. The average molecular weight is 565 g/mol. The minimum Gasteiger partial charge on any atom is -0.450 e. The lowest BCUT2D eigenvalue weighted by atomic mass is 9.74. The molecule has 1 aliphatic carbocycles. The Hall–Kier alpha value is -4.03. The van der Waals surface area contributed by atoms with Gasteiger partial charge in [0.05, 0.1) is 10.6 Å². The minimum atomic E-state index is -3.55. The topological polar surface area (TPSA) is 77.5 Å². The predicted octanol–water partition coefficient (Wildman–Crippen LogP) is 6.12. The van der Waals surface area contributed by atoms with Crippen LogP contribution in [0.5, 0.6) is 0 Å². The largest absolute Gasteiger partial charge is 0.450 e. The monoisotopic (exact) mass is 564 g/mol. The summed E-state index contributed by atoms with van der Waals surface area (Å²) in [7, 11) is -3.55. The molecule has 0 spiro atoms. The van der Waals surface area contributed by atoms with Crippen molar-refractivity contribution in [3.8, 4) is 0 Å². The molecule has 41 heavy (non-hydrogen) atoms. The SMILES string of the molecule is O=C1OC(Cc2ccccc2)(Cc2ccccc2)C(=O)C1C(c1cccc(CS(=O)(=O)c2ccccc2)c1)C1CC1. The molecule has 0 N–H and O–H groups in total. The number of ketones is 1. The number of hydrogen-bond acceptors (Lipinski definition) is 5. The Morgan fingerprint density at radius 2 is 1.24 bits per heavy atom. The Morgan fingerprint density at radius 1 is 0.707 bits per heavy atom. The second kappa shape index (κ2) is 11.1. The highest BCUT2D eigenvalue weighted by atomic mass is 32.2. The molecule has 4 aromatic carbocycles. The maximum absolute atomic E-state index is 14.5. The van der Waals surface area contributed by atoms with Crippen LogP contribution in [0, 0.1) is 11.8 Å². The molecule has 0 aromatic heterocycles. The zero-order valence-electron chi connectivity index (χ0n) is 22.7. The van der Waals surface area contributed by atoms with Crippen LogP contribution in [0.2, 0.25) is 0 Å². The number of carbonyl (C=O) groups is 2. The van der Waals surface area contributed by atoms with Crippen molar-refractivity contribution in [2.75, 3.05) is 0 Å². The van der Waals surface area contributed by atoms with Crippen LogP contribution in [-0.2, 0) is 42.8 Å². The van der Waals surface area contributed by atoms with Crippen molar-refractivity contribution >= 4 is 21.6 Å². The maximum Gasteiger partial charge on any atom is 0.318 e. The Morgan fingerprint density at radius 3 is 1.80 bits per heavy atom. The lowest BCUT2D eigenvalue weighted by Crippen LogP contribution is -2.43. The molecule has 6 heteroatoms. The molecule has 2 unspecified atom stereocenters. The third kappa shape index (κ3) is 5.75. The van der Waals surface area contributed by atoms with Gasteiger partial charge in [-0.15, -0.1) is 0 Å². The van der Waals surface area contributed by atoms with Crippen molar-refractivity contribution in [3.05, 3.63) is 138 Å². The van der Waals surface area contributed by atoms with Gasteiger partial charge >= 0.3 is 5.97 Å². The van der Waals surface area contributed by atoms with Gasteiger partial charge in [-0.3, -0.25) is 9.59 Å². The number of Topliss-reactive ketones (excluding diaryl/α,β-unsaturated/α-hetero) is 1. The minimum absolute atomic E-state index is 0.156. The van der Waals surface area contributed by atoms with E-state index in [1.54, 1.807) is 36.4 Å². The molecular formula is C35H32O5S. The molecule has 1 aliphatic heterocycles. The van der Waals surface area contributed by atoms with Gasteiger partial charge in [-0.1, -0.05) is 103 Å². The molecule has 4 aromatic rings. The zero-order chi connectivity index (χ0) is 28.5. The van der Waals surface area contributed by atoms with Crippen LogP contribution in [-0.4, -0.2) is 25.8 Å². The third-order valence-corrected chi connectivity index (χ3v) is 9.93. The highest BCUT2D eigenvalue weighted by Crippen LogP contribution is 2.51. The summed E-state index contributed by atoms with van der Waals surface area (Å²) in [5.41, 5.74) is 2.02. The number of cyclic esters (lactones) is 1. The fraction of sp³-hybridized carbons (Fsp3) is 0.257. The Labute approximate surface area is 241 Å². The first-order chi connectivity index (χ1) is 19.8. The van der Waals surface area contributed by atoms with Crippen molar-refractivity contribution in [2.24, 2.45) is 11.8 Å². The van der Waals surface area contributed by atoms with Crippen LogP contribution in [0.3, 0.4) is 0 Å². The summed E-state index contributed by atoms with van der Waals surface area (Å²) in [4.78, 5) is 28.4. The average Bonchev–Trinajstić information content (AvgIpc) is 3.78. The standard InChI is InChI=1S/C35H32O5S/c36-33-32(34(37)40-35(33,22-25-11-4-1-5-12-25)23-26-13-6-2-7-14-26)31(28-19-20-28)29-16-10-15-27(21-29)24-41(38,39)30-17-8-3-9-18-30/h1-18,21,28,31-32H,19-20,22-24H2. The van der Waals surface area contributed by atoms with Crippen molar-refractivity contribution in [3.63, 3.8) is 0 Å². The fourth-order valence-electron chi connectivity index (χ4n) is 6.18. The van der Waals surface area contributed by atoms with Gasteiger partial charge in [0.15, 0.2) is 21.2 Å². The van der Waals surface area contributed by atoms with E-state index >= 15 is 0 Å². The zero-order valence-corrected chi connectivity index (χ0v) is 23.5. The second-order valence-electron chi connectivity index (χ2n) is 11.3. The van der Waals surface area contributed by atoms with Crippen molar-refractivity contribution in [2.45, 2.75) is 47.9 Å². The molecule has 2 atom stereocenters.